The summed E-state index contributed by atoms with van der Waals surface area (Å²) in [5.74, 6) is 0.510. The van der Waals surface area contributed by atoms with Crippen molar-refractivity contribution in [3.05, 3.63) is 48.5 Å². The third kappa shape index (κ3) is 5.84. The predicted molar refractivity (Wildman–Crippen MR) is 100 cm³/mol. The average molecular weight is 341 g/mol. The van der Waals surface area contributed by atoms with Crippen LogP contribution < -0.4 is 20.7 Å². The minimum atomic E-state index is -0.409. The smallest absolute Gasteiger partial charge is 0.246 e. The van der Waals surface area contributed by atoms with Gasteiger partial charge >= 0.3 is 0 Å². The summed E-state index contributed by atoms with van der Waals surface area (Å²) in [6, 6.07) is 14.0. The van der Waals surface area contributed by atoms with Gasteiger partial charge in [0.1, 0.15) is 11.8 Å². The molecule has 2 amide bonds. The molecule has 0 heterocycles. The molecule has 0 fully saturated rings. The highest BCUT2D eigenvalue weighted by atomic mass is 16.5. The summed E-state index contributed by atoms with van der Waals surface area (Å²) in [5.41, 5.74) is 2.19. The lowest BCUT2D eigenvalue weighted by atomic mass is 10.2. The molecule has 132 valence electrons. The first-order valence-electron chi connectivity index (χ1n) is 8.16. The van der Waals surface area contributed by atoms with Crippen LogP contribution in [0.4, 0.5) is 17.1 Å². The molecule has 0 aromatic heterocycles. The van der Waals surface area contributed by atoms with E-state index in [-0.39, 0.29) is 11.8 Å². The third-order valence-corrected chi connectivity index (χ3v) is 3.41. The van der Waals surface area contributed by atoms with Crippen molar-refractivity contribution in [1.82, 2.24) is 0 Å². The normalized spacial score (nSPS) is 11.3. The Bertz CT molecular complexity index is 712. The molecule has 3 N–H and O–H groups in total. The van der Waals surface area contributed by atoms with Crippen LogP contribution >= 0.6 is 0 Å². The summed E-state index contributed by atoms with van der Waals surface area (Å²) in [7, 11) is 0. The molecule has 0 bridgehead atoms. The third-order valence-electron chi connectivity index (χ3n) is 3.41. The lowest BCUT2D eigenvalue weighted by molar-refractivity contribution is -0.116. The maximum absolute atomic E-state index is 12.3. The van der Waals surface area contributed by atoms with Crippen LogP contribution in [0, 0.1) is 0 Å². The molecule has 0 aliphatic rings. The SMILES string of the molecule is CCOc1ccc(NC(C)C(=O)Nc2ccc(NC(C)=O)cc2)cc1. The van der Waals surface area contributed by atoms with Gasteiger partial charge in [0.2, 0.25) is 11.8 Å². The molecule has 0 spiro atoms. The first-order valence-corrected chi connectivity index (χ1v) is 8.16. The Labute approximate surface area is 147 Å². The number of anilines is 3. The van der Waals surface area contributed by atoms with E-state index in [4.69, 9.17) is 4.74 Å². The van der Waals surface area contributed by atoms with Gasteiger partial charge in [0.05, 0.1) is 6.61 Å². The molecule has 0 saturated carbocycles. The van der Waals surface area contributed by atoms with Crippen LogP contribution in [0.3, 0.4) is 0 Å². The topological polar surface area (TPSA) is 79.5 Å². The standard InChI is InChI=1S/C19H23N3O3/c1-4-25-18-11-9-15(10-12-18)20-13(2)19(24)22-17-7-5-16(6-8-17)21-14(3)23/h5-13,20H,4H2,1-3H3,(H,21,23)(H,22,24). The molecule has 2 aromatic carbocycles. The van der Waals surface area contributed by atoms with Gasteiger partial charge in [-0.1, -0.05) is 0 Å². The monoisotopic (exact) mass is 341 g/mol. The van der Waals surface area contributed by atoms with E-state index in [2.05, 4.69) is 16.0 Å². The van der Waals surface area contributed by atoms with Crippen LogP contribution in [0.25, 0.3) is 0 Å². The number of carbonyl (C=O) groups is 2. The van der Waals surface area contributed by atoms with Gasteiger partial charge in [0.15, 0.2) is 0 Å². The zero-order chi connectivity index (χ0) is 18.2. The zero-order valence-corrected chi connectivity index (χ0v) is 14.6. The molecule has 6 heteroatoms. The Kier molecular flexibility index (Phi) is 6.39. The lowest BCUT2D eigenvalue weighted by Gasteiger charge is -2.16. The maximum Gasteiger partial charge on any atom is 0.246 e. The van der Waals surface area contributed by atoms with E-state index in [0.29, 0.717) is 18.0 Å². The fraction of sp³-hybridized carbons (Fsp3) is 0.263. The fourth-order valence-corrected chi connectivity index (χ4v) is 2.22. The lowest BCUT2D eigenvalue weighted by Crippen LogP contribution is -2.31. The van der Waals surface area contributed by atoms with Gasteiger partial charge in [-0.25, -0.2) is 0 Å². The molecule has 0 aliphatic heterocycles. The molecular formula is C19H23N3O3. The van der Waals surface area contributed by atoms with Crippen LogP contribution in [0.2, 0.25) is 0 Å². The molecule has 1 unspecified atom stereocenters. The first-order chi connectivity index (χ1) is 12.0. The van der Waals surface area contributed by atoms with Crippen molar-refractivity contribution in [2.75, 3.05) is 22.6 Å². The van der Waals surface area contributed by atoms with Gasteiger partial charge in [-0.3, -0.25) is 9.59 Å². The van der Waals surface area contributed by atoms with Crippen LogP contribution in [-0.2, 0) is 9.59 Å². The molecular weight excluding hydrogens is 318 g/mol. The molecule has 1 atom stereocenters. The van der Waals surface area contributed by atoms with E-state index in [9.17, 15) is 9.59 Å². The van der Waals surface area contributed by atoms with Crippen molar-refractivity contribution >= 4 is 28.9 Å². The van der Waals surface area contributed by atoms with E-state index in [0.717, 1.165) is 11.4 Å². The minimum Gasteiger partial charge on any atom is -0.494 e. The fourth-order valence-electron chi connectivity index (χ4n) is 2.22. The molecule has 6 nitrogen and oxygen atoms in total. The number of hydrogen-bond donors (Lipinski definition) is 3. The number of nitrogens with one attached hydrogen (secondary N) is 3. The molecule has 0 aliphatic carbocycles. The van der Waals surface area contributed by atoms with Crippen molar-refractivity contribution in [3.8, 4) is 5.75 Å². The Morgan fingerprint density at radius 2 is 1.44 bits per heavy atom. The molecule has 0 radical (unpaired) electrons. The molecule has 0 saturated heterocycles. The number of carbonyl (C=O) groups excluding carboxylic acids is 2. The summed E-state index contributed by atoms with van der Waals surface area (Å²) in [4.78, 5) is 23.3. The zero-order valence-electron chi connectivity index (χ0n) is 14.6. The van der Waals surface area contributed by atoms with Crippen molar-refractivity contribution in [1.29, 1.82) is 0 Å². The van der Waals surface area contributed by atoms with E-state index in [1.54, 1.807) is 31.2 Å². The Morgan fingerprint density at radius 3 is 1.96 bits per heavy atom. The summed E-state index contributed by atoms with van der Waals surface area (Å²) in [6.45, 7) is 5.79. The van der Waals surface area contributed by atoms with Crippen molar-refractivity contribution in [2.24, 2.45) is 0 Å². The maximum atomic E-state index is 12.3. The number of hydrogen-bond acceptors (Lipinski definition) is 4. The first kappa shape index (κ1) is 18.3. The number of benzene rings is 2. The Balaban J connectivity index is 1.90. The molecule has 2 aromatic rings. The predicted octanol–water partition coefficient (Wildman–Crippen LogP) is 3.48. The summed E-state index contributed by atoms with van der Waals surface area (Å²) in [5, 5.41) is 8.66. The largest absolute Gasteiger partial charge is 0.494 e. The van der Waals surface area contributed by atoms with E-state index >= 15 is 0 Å². The second-order valence-corrected chi connectivity index (χ2v) is 5.57. The minimum absolute atomic E-state index is 0.134. The Hall–Kier alpha value is -3.02. The van der Waals surface area contributed by atoms with Gasteiger partial charge in [0, 0.05) is 24.0 Å². The van der Waals surface area contributed by atoms with Crippen molar-refractivity contribution < 1.29 is 14.3 Å². The molecule has 2 rings (SSSR count). The van der Waals surface area contributed by atoms with Gasteiger partial charge in [-0.05, 0) is 62.4 Å². The summed E-state index contributed by atoms with van der Waals surface area (Å²) >= 11 is 0. The van der Waals surface area contributed by atoms with Gasteiger partial charge < -0.3 is 20.7 Å². The van der Waals surface area contributed by atoms with Crippen molar-refractivity contribution in [2.45, 2.75) is 26.8 Å². The number of ether oxygens (including phenoxy) is 1. The van der Waals surface area contributed by atoms with E-state index < -0.39 is 6.04 Å². The van der Waals surface area contributed by atoms with Gasteiger partial charge in [0.25, 0.3) is 0 Å². The van der Waals surface area contributed by atoms with Crippen LogP contribution in [-0.4, -0.2) is 24.5 Å². The molecule has 25 heavy (non-hydrogen) atoms. The number of amides is 2. The summed E-state index contributed by atoms with van der Waals surface area (Å²) < 4.78 is 5.39. The van der Waals surface area contributed by atoms with Gasteiger partial charge in [-0.2, -0.15) is 0 Å². The highest BCUT2D eigenvalue weighted by Crippen LogP contribution is 2.17. The van der Waals surface area contributed by atoms with Gasteiger partial charge in [-0.15, -0.1) is 0 Å². The van der Waals surface area contributed by atoms with Crippen LogP contribution in [0.1, 0.15) is 20.8 Å². The Morgan fingerprint density at radius 1 is 0.920 bits per heavy atom. The average Bonchev–Trinajstić information content (AvgIpc) is 2.58. The summed E-state index contributed by atoms with van der Waals surface area (Å²) in [6.07, 6.45) is 0. The van der Waals surface area contributed by atoms with E-state index in [1.807, 2.05) is 31.2 Å². The van der Waals surface area contributed by atoms with Crippen molar-refractivity contribution in [3.63, 3.8) is 0 Å². The second kappa shape index (κ2) is 8.73. The second-order valence-electron chi connectivity index (χ2n) is 5.57. The number of rotatable bonds is 7. The highest BCUT2D eigenvalue weighted by Gasteiger charge is 2.13. The highest BCUT2D eigenvalue weighted by molar-refractivity contribution is 5.96. The van der Waals surface area contributed by atoms with Crippen LogP contribution in [0.5, 0.6) is 5.75 Å². The van der Waals surface area contributed by atoms with Crippen LogP contribution in [0.15, 0.2) is 48.5 Å². The quantitative estimate of drug-likeness (QED) is 0.720. The van der Waals surface area contributed by atoms with E-state index in [1.165, 1.54) is 6.92 Å².